The summed E-state index contributed by atoms with van der Waals surface area (Å²) < 4.78 is 13.0. The Kier molecular flexibility index (Phi) is 5.46. The summed E-state index contributed by atoms with van der Waals surface area (Å²) in [6.07, 6.45) is 4.27. The fraction of sp³-hybridized carbons (Fsp3) is 0. The lowest BCUT2D eigenvalue weighted by Gasteiger charge is -2.22. The molecule has 0 N–H and O–H groups in total. The number of rotatable bonds is 3. The van der Waals surface area contributed by atoms with Crippen molar-refractivity contribution in [3.8, 4) is 34.0 Å². The molecule has 0 saturated carbocycles. The molecular weight excluding hydrogens is 437 g/mol. The van der Waals surface area contributed by atoms with Crippen LogP contribution in [0, 0.1) is 0 Å². The van der Waals surface area contributed by atoms with Gasteiger partial charge in [0.1, 0.15) is 11.5 Å². The van der Waals surface area contributed by atoms with Crippen LogP contribution in [0.5, 0.6) is 11.5 Å². The molecule has 0 atom stereocenters. The second kappa shape index (κ2) is 9.04. The minimum Gasteiger partial charge on any atom is -0.521 e. The predicted molar refractivity (Wildman–Crippen MR) is 141 cm³/mol. The van der Waals surface area contributed by atoms with Crippen LogP contribution in [0.1, 0.15) is 10.4 Å². The Morgan fingerprint density at radius 3 is 1.88 bits per heavy atom. The number of fused-ring (bicyclic) bond motifs is 6. The van der Waals surface area contributed by atoms with Crippen molar-refractivity contribution in [1.82, 2.24) is 4.98 Å². The molecule has 2 bridgehead atoms. The van der Waals surface area contributed by atoms with Crippen molar-refractivity contribution in [3.05, 3.63) is 119 Å². The van der Waals surface area contributed by atoms with E-state index in [1.165, 1.54) is 4.88 Å². The van der Waals surface area contributed by atoms with E-state index in [2.05, 4.69) is 41.8 Å². The molecule has 1 aliphatic heterocycles. The largest absolute Gasteiger partial charge is 0.632 e. The summed E-state index contributed by atoms with van der Waals surface area (Å²) >= 11 is 1.72. The van der Waals surface area contributed by atoms with Crippen LogP contribution >= 0.6 is 11.3 Å². The van der Waals surface area contributed by atoms with Gasteiger partial charge in [-0.25, -0.2) is 4.98 Å². The Hall–Kier alpha value is -4.09. The van der Waals surface area contributed by atoms with Crippen LogP contribution in [0.25, 0.3) is 34.7 Å². The summed E-state index contributed by atoms with van der Waals surface area (Å²) in [5.74, 6) is 1.46. The highest BCUT2D eigenvalue weighted by molar-refractivity contribution is 7.10. The van der Waals surface area contributed by atoms with Crippen molar-refractivity contribution in [2.45, 2.75) is 0 Å². The van der Waals surface area contributed by atoms with Gasteiger partial charge >= 0.3 is 7.12 Å². The van der Waals surface area contributed by atoms with Crippen LogP contribution in [0.3, 0.4) is 0 Å². The lowest BCUT2D eigenvalue weighted by Crippen LogP contribution is -2.42. The maximum atomic E-state index is 6.49. The third-order valence-electron chi connectivity index (χ3n) is 5.70. The van der Waals surface area contributed by atoms with Gasteiger partial charge < -0.3 is 9.31 Å². The predicted octanol–water partition coefficient (Wildman–Crippen LogP) is 6.81. The van der Waals surface area contributed by atoms with Crippen molar-refractivity contribution >= 4 is 36.1 Å². The normalized spacial score (nSPS) is 12.4. The molecule has 3 heterocycles. The molecule has 0 fully saturated rings. The van der Waals surface area contributed by atoms with E-state index >= 15 is 0 Å². The van der Waals surface area contributed by atoms with Gasteiger partial charge in [-0.3, -0.25) is 0 Å². The van der Waals surface area contributed by atoms with Crippen molar-refractivity contribution in [2.24, 2.45) is 0 Å². The molecule has 0 amide bonds. The average molecular weight is 457 g/mol. The van der Waals surface area contributed by atoms with Crippen LogP contribution in [0.2, 0.25) is 0 Å². The van der Waals surface area contributed by atoms with Crippen LogP contribution in [-0.4, -0.2) is 12.1 Å². The molecule has 1 aliphatic rings. The molecule has 0 aliphatic carbocycles. The SMILES string of the molecule is C(=Cc1cccs1)c1cc2nc(c1)-c1ccccc1OB(c1ccccc1)Oc1ccccc1-2. The number of nitrogens with zero attached hydrogens (tertiary/aromatic N) is 1. The van der Waals surface area contributed by atoms with Gasteiger partial charge in [0.15, 0.2) is 0 Å². The monoisotopic (exact) mass is 457 g/mol. The van der Waals surface area contributed by atoms with Gasteiger partial charge in [-0.2, -0.15) is 0 Å². The molecule has 0 radical (unpaired) electrons. The zero-order valence-electron chi connectivity index (χ0n) is 18.3. The van der Waals surface area contributed by atoms with Gasteiger partial charge in [0.2, 0.25) is 0 Å². The van der Waals surface area contributed by atoms with E-state index in [1.54, 1.807) is 11.3 Å². The van der Waals surface area contributed by atoms with Gasteiger partial charge in [-0.05, 0) is 59.5 Å². The molecule has 6 rings (SSSR count). The fourth-order valence-corrected chi connectivity index (χ4v) is 4.67. The van der Waals surface area contributed by atoms with Gasteiger partial charge in [0.25, 0.3) is 0 Å². The smallest absolute Gasteiger partial charge is 0.521 e. The highest BCUT2D eigenvalue weighted by Crippen LogP contribution is 2.36. The number of hydrogen-bond acceptors (Lipinski definition) is 4. The van der Waals surface area contributed by atoms with E-state index in [0.29, 0.717) is 0 Å². The lowest BCUT2D eigenvalue weighted by atomic mass is 9.78. The maximum Gasteiger partial charge on any atom is 0.632 e. The summed E-state index contributed by atoms with van der Waals surface area (Å²) in [5.41, 5.74) is 5.60. The zero-order valence-corrected chi connectivity index (χ0v) is 19.1. The fourth-order valence-electron chi connectivity index (χ4n) is 4.05. The highest BCUT2D eigenvalue weighted by atomic mass is 32.1. The highest BCUT2D eigenvalue weighted by Gasteiger charge is 2.29. The minimum atomic E-state index is -0.592. The molecule has 162 valence electrons. The number of pyridine rings is 1. The Labute approximate surface area is 203 Å². The molecule has 2 aromatic heterocycles. The second-order valence-electron chi connectivity index (χ2n) is 7.99. The molecule has 3 aromatic carbocycles. The molecule has 5 aromatic rings. The van der Waals surface area contributed by atoms with Gasteiger partial charge in [0, 0.05) is 21.5 Å². The van der Waals surface area contributed by atoms with E-state index in [-0.39, 0.29) is 0 Å². The van der Waals surface area contributed by atoms with E-state index in [1.807, 2.05) is 78.9 Å². The third-order valence-corrected chi connectivity index (χ3v) is 6.53. The molecule has 34 heavy (non-hydrogen) atoms. The molecule has 0 saturated heterocycles. The number of hydrogen-bond donors (Lipinski definition) is 0. The molecule has 0 unspecified atom stereocenters. The first kappa shape index (κ1) is 20.5. The summed E-state index contributed by atoms with van der Waals surface area (Å²) in [6.45, 7) is 0. The van der Waals surface area contributed by atoms with E-state index in [9.17, 15) is 0 Å². The van der Waals surface area contributed by atoms with E-state index in [4.69, 9.17) is 14.3 Å². The summed E-state index contributed by atoms with van der Waals surface area (Å²) in [6, 6.07) is 34.4. The minimum absolute atomic E-state index is 0.592. The third kappa shape index (κ3) is 4.14. The Balaban J connectivity index is 1.54. The Morgan fingerprint density at radius 2 is 1.26 bits per heavy atom. The number of aromatic nitrogens is 1. The Morgan fingerprint density at radius 1 is 0.647 bits per heavy atom. The number of para-hydroxylation sites is 2. The maximum absolute atomic E-state index is 6.49. The summed E-state index contributed by atoms with van der Waals surface area (Å²) in [7, 11) is -0.592. The zero-order chi connectivity index (χ0) is 22.7. The molecule has 0 spiro atoms. The standard InChI is InChI=1S/C29H20BNO2S/c1-2-9-22(10-3-1)30-32-28-14-6-4-12-24(28)26-19-21(16-17-23-11-8-18-34-23)20-27(31-26)25-13-5-7-15-29(25)33-30/h1-20H. The van der Waals surface area contributed by atoms with Crippen molar-refractivity contribution < 1.29 is 9.31 Å². The molecule has 3 nitrogen and oxygen atoms in total. The Bertz CT molecular complexity index is 1400. The van der Waals surface area contributed by atoms with Crippen LogP contribution in [-0.2, 0) is 0 Å². The van der Waals surface area contributed by atoms with Crippen LogP contribution < -0.4 is 14.8 Å². The first-order chi connectivity index (χ1) is 16.8. The average Bonchev–Trinajstić information content (AvgIpc) is 3.42. The topological polar surface area (TPSA) is 31.4 Å². The quantitative estimate of drug-likeness (QED) is 0.279. The van der Waals surface area contributed by atoms with Crippen molar-refractivity contribution in [1.29, 1.82) is 0 Å². The second-order valence-corrected chi connectivity index (χ2v) is 8.97. The first-order valence-corrected chi connectivity index (χ1v) is 12.0. The van der Waals surface area contributed by atoms with E-state index < -0.39 is 7.12 Å². The van der Waals surface area contributed by atoms with E-state index in [0.717, 1.165) is 45.0 Å². The van der Waals surface area contributed by atoms with Crippen LogP contribution in [0.15, 0.2) is 109 Å². The summed E-state index contributed by atoms with van der Waals surface area (Å²) in [4.78, 5) is 6.24. The van der Waals surface area contributed by atoms with Crippen LogP contribution in [0.4, 0.5) is 0 Å². The first-order valence-electron chi connectivity index (χ1n) is 11.1. The van der Waals surface area contributed by atoms with Gasteiger partial charge in [0.05, 0.1) is 11.4 Å². The van der Waals surface area contributed by atoms with Gasteiger partial charge in [-0.1, -0.05) is 66.7 Å². The lowest BCUT2D eigenvalue weighted by molar-refractivity contribution is 0.440. The number of thiophene rings is 1. The summed E-state index contributed by atoms with van der Waals surface area (Å²) in [5, 5.41) is 2.08. The number of benzene rings is 3. The van der Waals surface area contributed by atoms with Crippen molar-refractivity contribution in [3.63, 3.8) is 0 Å². The van der Waals surface area contributed by atoms with Gasteiger partial charge in [-0.15, -0.1) is 11.3 Å². The van der Waals surface area contributed by atoms with Crippen molar-refractivity contribution in [2.75, 3.05) is 0 Å². The molecule has 5 heteroatoms. The molecular formula is C29H20BNO2S.